The van der Waals surface area contributed by atoms with Gasteiger partial charge in [-0.2, -0.15) is 0 Å². The van der Waals surface area contributed by atoms with Gasteiger partial charge in [-0.15, -0.1) is 0 Å². The monoisotopic (exact) mass is 472 g/mol. The van der Waals surface area contributed by atoms with Crippen molar-refractivity contribution in [3.05, 3.63) is 88.9 Å². The number of carbonyl (C=O) groups is 2. The number of carbonyl (C=O) groups excluding carboxylic acids is 1. The van der Waals surface area contributed by atoms with Gasteiger partial charge in [0.1, 0.15) is 4.90 Å². The fraction of sp³-hybridized carbons (Fsp3) is 0.130. The summed E-state index contributed by atoms with van der Waals surface area (Å²) in [5, 5.41) is 9.62. The molecule has 0 unspecified atom stereocenters. The third-order valence-corrected chi connectivity index (χ3v) is 7.14. The summed E-state index contributed by atoms with van der Waals surface area (Å²) in [5.74, 6) is -1.79. The van der Waals surface area contributed by atoms with Crippen molar-refractivity contribution < 1.29 is 23.1 Å². The number of rotatable bonds is 7. The van der Waals surface area contributed by atoms with Crippen LogP contribution in [0.3, 0.4) is 0 Å². The number of sulfonamides is 1. The van der Waals surface area contributed by atoms with Gasteiger partial charge in [0.15, 0.2) is 0 Å². The summed E-state index contributed by atoms with van der Waals surface area (Å²) in [4.78, 5) is 25.3. The van der Waals surface area contributed by atoms with Crippen LogP contribution in [0.5, 0.6) is 0 Å². The third-order valence-electron chi connectivity index (χ3n) is 4.89. The van der Waals surface area contributed by atoms with Crippen molar-refractivity contribution in [3.63, 3.8) is 0 Å². The summed E-state index contributed by atoms with van der Waals surface area (Å²) in [6, 6.07) is 19.5. The number of nitrogens with zero attached hydrogens (tertiary/aromatic N) is 2. The van der Waals surface area contributed by atoms with Crippen LogP contribution in [0, 0.1) is 0 Å². The predicted octanol–water partition coefficient (Wildman–Crippen LogP) is 4.42. The Morgan fingerprint density at radius 1 is 0.969 bits per heavy atom. The zero-order valence-corrected chi connectivity index (χ0v) is 19.0. The van der Waals surface area contributed by atoms with Gasteiger partial charge in [-0.1, -0.05) is 60.1 Å². The van der Waals surface area contributed by atoms with E-state index in [4.69, 9.17) is 11.6 Å². The molecule has 0 saturated carbocycles. The highest BCUT2D eigenvalue weighted by Gasteiger charge is 2.29. The summed E-state index contributed by atoms with van der Waals surface area (Å²) in [6.45, 7) is 1.40. The van der Waals surface area contributed by atoms with E-state index >= 15 is 0 Å². The van der Waals surface area contributed by atoms with E-state index in [0.29, 0.717) is 5.69 Å². The van der Waals surface area contributed by atoms with Gasteiger partial charge in [0.25, 0.3) is 10.0 Å². The molecule has 32 heavy (non-hydrogen) atoms. The molecular weight excluding hydrogens is 452 g/mol. The summed E-state index contributed by atoms with van der Waals surface area (Å²) < 4.78 is 27.4. The zero-order chi connectivity index (χ0) is 23.5. The molecule has 0 saturated heterocycles. The Balaban J connectivity index is 2.12. The van der Waals surface area contributed by atoms with E-state index in [0.717, 1.165) is 15.9 Å². The number of aromatic carboxylic acids is 1. The molecule has 0 aliphatic heterocycles. The molecular formula is C23H21ClN2O5S. The Kier molecular flexibility index (Phi) is 6.86. The quantitative estimate of drug-likeness (QED) is 0.549. The van der Waals surface area contributed by atoms with Crippen molar-refractivity contribution in [2.45, 2.75) is 18.4 Å². The van der Waals surface area contributed by atoms with Crippen LogP contribution in [0.25, 0.3) is 0 Å². The van der Waals surface area contributed by atoms with Crippen molar-refractivity contribution >= 4 is 44.9 Å². The Morgan fingerprint density at radius 2 is 1.53 bits per heavy atom. The molecule has 3 rings (SSSR count). The number of hydrogen-bond acceptors (Lipinski definition) is 4. The molecule has 9 heteroatoms. The fourth-order valence-electron chi connectivity index (χ4n) is 3.19. The maximum absolute atomic E-state index is 13.2. The smallest absolute Gasteiger partial charge is 0.337 e. The molecule has 7 nitrogen and oxygen atoms in total. The standard InChI is InChI=1S/C23H21ClN2O5S/c1-16(27)26(15-17-9-5-3-6-10-17)21-14-20(24)22(13-19(21)23(28)29)32(30,31)25(2)18-11-7-4-8-12-18/h3-14H,15H2,1-2H3,(H,28,29). The van der Waals surface area contributed by atoms with Gasteiger partial charge in [-0.25, -0.2) is 13.2 Å². The van der Waals surface area contributed by atoms with Crippen LogP contribution in [-0.4, -0.2) is 32.4 Å². The Labute approximate surface area is 191 Å². The van der Waals surface area contributed by atoms with Crippen LogP contribution in [0.2, 0.25) is 5.02 Å². The van der Waals surface area contributed by atoms with Gasteiger partial charge >= 0.3 is 5.97 Å². The Morgan fingerprint density at radius 3 is 2.06 bits per heavy atom. The van der Waals surface area contributed by atoms with E-state index in [1.54, 1.807) is 54.6 Å². The van der Waals surface area contributed by atoms with Gasteiger partial charge in [0, 0.05) is 14.0 Å². The number of benzene rings is 3. The third kappa shape index (κ3) is 4.76. The van der Waals surface area contributed by atoms with Crippen molar-refractivity contribution in [1.82, 2.24) is 0 Å². The number of halogens is 1. The van der Waals surface area contributed by atoms with Gasteiger partial charge in [0.2, 0.25) is 5.91 Å². The summed E-state index contributed by atoms with van der Waals surface area (Å²) in [7, 11) is -2.81. The summed E-state index contributed by atoms with van der Waals surface area (Å²) >= 11 is 6.34. The van der Waals surface area contributed by atoms with Gasteiger partial charge in [0.05, 0.1) is 28.5 Å². The van der Waals surface area contributed by atoms with E-state index in [1.807, 2.05) is 6.07 Å². The first-order valence-corrected chi connectivity index (χ1v) is 11.4. The topological polar surface area (TPSA) is 95.0 Å². The molecule has 0 bridgehead atoms. The molecule has 3 aromatic rings. The maximum Gasteiger partial charge on any atom is 0.337 e. The predicted molar refractivity (Wildman–Crippen MR) is 124 cm³/mol. The minimum atomic E-state index is -4.17. The lowest BCUT2D eigenvalue weighted by atomic mass is 10.1. The molecule has 0 atom stereocenters. The zero-order valence-electron chi connectivity index (χ0n) is 17.4. The molecule has 0 radical (unpaired) electrons. The van der Waals surface area contributed by atoms with Crippen LogP contribution in [0.4, 0.5) is 11.4 Å². The number of hydrogen-bond donors (Lipinski definition) is 1. The first-order chi connectivity index (χ1) is 15.1. The van der Waals surface area contributed by atoms with Crippen LogP contribution in [0.1, 0.15) is 22.8 Å². The van der Waals surface area contributed by atoms with Crippen molar-refractivity contribution in [1.29, 1.82) is 0 Å². The van der Waals surface area contributed by atoms with E-state index in [9.17, 15) is 23.1 Å². The summed E-state index contributed by atoms with van der Waals surface area (Å²) in [6.07, 6.45) is 0. The van der Waals surface area contributed by atoms with Gasteiger partial charge < -0.3 is 10.0 Å². The average Bonchev–Trinajstić information content (AvgIpc) is 2.77. The average molecular weight is 473 g/mol. The Hall–Kier alpha value is -3.36. The minimum absolute atomic E-state index is 0.0140. The van der Waals surface area contributed by atoms with E-state index in [1.165, 1.54) is 24.9 Å². The van der Waals surface area contributed by atoms with Crippen LogP contribution in [-0.2, 0) is 21.4 Å². The lowest BCUT2D eigenvalue weighted by Crippen LogP contribution is -2.30. The summed E-state index contributed by atoms with van der Waals surface area (Å²) in [5.41, 5.74) is 0.829. The number of carboxylic acid groups (broad SMARTS) is 1. The van der Waals surface area contributed by atoms with Crippen LogP contribution >= 0.6 is 11.6 Å². The minimum Gasteiger partial charge on any atom is -0.478 e. The van der Waals surface area contributed by atoms with Gasteiger partial charge in [-0.3, -0.25) is 9.10 Å². The second-order valence-corrected chi connectivity index (χ2v) is 9.35. The van der Waals surface area contributed by atoms with E-state index in [-0.39, 0.29) is 27.7 Å². The highest BCUT2D eigenvalue weighted by atomic mass is 35.5. The molecule has 0 aromatic heterocycles. The lowest BCUT2D eigenvalue weighted by Gasteiger charge is -2.25. The molecule has 0 aliphatic rings. The number of para-hydroxylation sites is 1. The molecule has 1 N–H and O–H groups in total. The molecule has 0 aliphatic carbocycles. The molecule has 3 aromatic carbocycles. The van der Waals surface area contributed by atoms with E-state index < -0.39 is 21.9 Å². The van der Waals surface area contributed by atoms with Crippen molar-refractivity contribution in [2.24, 2.45) is 0 Å². The lowest BCUT2D eigenvalue weighted by molar-refractivity contribution is -0.116. The van der Waals surface area contributed by atoms with Crippen LogP contribution in [0.15, 0.2) is 77.7 Å². The first-order valence-electron chi connectivity index (χ1n) is 9.55. The van der Waals surface area contributed by atoms with E-state index in [2.05, 4.69) is 0 Å². The fourth-order valence-corrected chi connectivity index (χ4v) is 4.91. The molecule has 166 valence electrons. The Bertz CT molecular complexity index is 1250. The largest absolute Gasteiger partial charge is 0.478 e. The molecule has 1 amide bonds. The number of amides is 1. The molecule has 0 spiro atoms. The number of anilines is 2. The van der Waals surface area contributed by atoms with Crippen LogP contribution < -0.4 is 9.21 Å². The maximum atomic E-state index is 13.2. The van der Waals surface area contributed by atoms with Crippen molar-refractivity contribution in [3.8, 4) is 0 Å². The molecule has 0 heterocycles. The highest BCUT2D eigenvalue weighted by molar-refractivity contribution is 7.93. The SMILES string of the molecule is CC(=O)N(Cc1ccccc1)c1cc(Cl)c(S(=O)(=O)N(C)c2ccccc2)cc1C(=O)O. The highest BCUT2D eigenvalue weighted by Crippen LogP contribution is 2.34. The second-order valence-electron chi connectivity index (χ2n) is 7.00. The van der Waals surface area contributed by atoms with Crippen molar-refractivity contribution in [2.75, 3.05) is 16.3 Å². The van der Waals surface area contributed by atoms with Gasteiger partial charge in [-0.05, 0) is 29.8 Å². The number of carboxylic acids is 1. The normalized spacial score (nSPS) is 11.1. The second kappa shape index (κ2) is 9.42. The molecule has 0 fully saturated rings. The first kappa shape index (κ1) is 23.3.